The maximum absolute atomic E-state index is 14.6. The van der Waals surface area contributed by atoms with Crippen molar-refractivity contribution in [2.45, 2.75) is 64.5 Å². The molecule has 0 unspecified atom stereocenters. The highest BCUT2D eigenvalue weighted by atomic mass is 19.4. The first-order valence-corrected chi connectivity index (χ1v) is 11.6. The Labute approximate surface area is 195 Å². The van der Waals surface area contributed by atoms with Crippen LogP contribution in [0.4, 0.5) is 26.3 Å². The Morgan fingerprint density at radius 2 is 1.44 bits per heavy atom. The largest absolute Gasteiger partial charge is 0.481 e. The topological polar surface area (TPSA) is 9.23 Å². The lowest BCUT2D eigenvalue weighted by atomic mass is 9.98. The Kier molecular flexibility index (Phi) is 8.86. The quantitative estimate of drug-likeness (QED) is 0.197. The van der Waals surface area contributed by atoms with Crippen molar-refractivity contribution in [3.8, 4) is 5.75 Å². The molecule has 0 radical (unpaired) electrons. The zero-order chi connectivity index (χ0) is 24.7. The van der Waals surface area contributed by atoms with Crippen molar-refractivity contribution >= 4 is 10.8 Å². The van der Waals surface area contributed by atoms with Gasteiger partial charge in [0.2, 0.25) is 0 Å². The van der Waals surface area contributed by atoms with E-state index in [-0.39, 0.29) is 17.4 Å². The van der Waals surface area contributed by atoms with Gasteiger partial charge in [-0.25, -0.2) is 13.2 Å². The summed E-state index contributed by atoms with van der Waals surface area (Å²) in [5.41, 5.74) is 1.39. The Hall–Kier alpha value is -2.70. The smallest absolute Gasteiger partial charge is 0.422 e. The van der Waals surface area contributed by atoms with Crippen LogP contribution in [-0.4, -0.2) is 12.8 Å². The number of halogens is 6. The maximum atomic E-state index is 14.6. The summed E-state index contributed by atoms with van der Waals surface area (Å²) >= 11 is 0. The van der Waals surface area contributed by atoms with Crippen LogP contribution >= 0.6 is 0 Å². The molecular weight excluding hydrogens is 454 g/mol. The average Bonchev–Trinajstić information content (AvgIpc) is 2.77. The molecule has 0 saturated carbocycles. The van der Waals surface area contributed by atoms with Crippen LogP contribution in [-0.2, 0) is 19.3 Å². The number of benzene rings is 3. The van der Waals surface area contributed by atoms with E-state index in [1.165, 1.54) is 24.3 Å². The van der Waals surface area contributed by atoms with Gasteiger partial charge in [0, 0.05) is 10.9 Å². The Morgan fingerprint density at radius 1 is 0.735 bits per heavy atom. The molecule has 184 valence electrons. The van der Waals surface area contributed by atoms with E-state index in [0.29, 0.717) is 23.8 Å². The molecule has 0 amide bonds. The molecule has 0 N–H and O–H groups in total. The predicted octanol–water partition coefficient (Wildman–Crippen LogP) is 8.50. The summed E-state index contributed by atoms with van der Waals surface area (Å²) in [5.74, 6) is -2.49. The lowest BCUT2D eigenvalue weighted by Crippen LogP contribution is -2.19. The Bertz CT molecular complexity index is 1080. The summed E-state index contributed by atoms with van der Waals surface area (Å²) in [5, 5.41) is 0.581. The molecule has 7 heteroatoms. The average molecular weight is 483 g/mol. The maximum Gasteiger partial charge on any atom is 0.422 e. The van der Waals surface area contributed by atoms with Crippen LogP contribution in [0.2, 0.25) is 0 Å². The number of aryl methyl sites for hydroxylation is 2. The molecule has 0 atom stereocenters. The molecule has 3 rings (SSSR count). The van der Waals surface area contributed by atoms with E-state index in [1.807, 2.05) is 0 Å². The molecule has 0 saturated heterocycles. The lowest BCUT2D eigenvalue weighted by molar-refractivity contribution is -0.153. The third-order valence-electron chi connectivity index (χ3n) is 5.81. The van der Waals surface area contributed by atoms with Crippen LogP contribution < -0.4 is 4.74 Å². The van der Waals surface area contributed by atoms with Gasteiger partial charge in [0.25, 0.3) is 0 Å². The van der Waals surface area contributed by atoms with Crippen LogP contribution in [0.15, 0.2) is 42.5 Å². The van der Waals surface area contributed by atoms with Crippen molar-refractivity contribution in [1.82, 2.24) is 0 Å². The highest BCUT2D eigenvalue weighted by Crippen LogP contribution is 2.29. The van der Waals surface area contributed by atoms with Gasteiger partial charge in [-0.15, -0.1) is 0 Å². The lowest BCUT2D eigenvalue weighted by Gasteiger charge is -2.12. The van der Waals surface area contributed by atoms with Crippen molar-refractivity contribution in [1.29, 1.82) is 0 Å². The zero-order valence-corrected chi connectivity index (χ0v) is 19.1. The summed E-state index contributed by atoms with van der Waals surface area (Å²) in [6.45, 7) is 0.551. The van der Waals surface area contributed by atoms with Crippen molar-refractivity contribution in [2.75, 3.05) is 6.61 Å². The minimum atomic E-state index is -4.57. The standard InChI is InChI=1S/C27H28F6O/c1-2-3-4-5-6-7-19-15-23(28)22(24(29)16-19)12-9-18-8-11-21-20(14-18)10-13-25(26(21)30)34-17-27(31,32)33/h8,10-11,13-16H,2-7,9,12,17H2,1H3. The van der Waals surface area contributed by atoms with E-state index in [4.69, 9.17) is 0 Å². The molecular formula is C27H28F6O. The second kappa shape index (κ2) is 11.6. The third kappa shape index (κ3) is 7.15. The molecule has 0 bridgehead atoms. The number of hydrogen-bond acceptors (Lipinski definition) is 1. The molecule has 0 spiro atoms. The highest BCUT2D eigenvalue weighted by molar-refractivity contribution is 5.85. The van der Waals surface area contributed by atoms with Gasteiger partial charge in [0.05, 0.1) is 0 Å². The van der Waals surface area contributed by atoms with Gasteiger partial charge in [-0.2, -0.15) is 13.2 Å². The van der Waals surface area contributed by atoms with Gasteiger partial charge in [-0.3, -0.25) is 0 Å². The first kappa shape index (κ1) is 25.9. The summed E-state index contributed by atoms with van der Waals surface area (Å²) in [6, 6.07) is 10.1. The predicted molar refractivity (Wildman–Crippen MR) is 122 cm³/mol. The van der Waals surface area contributed by atoms with Crippen molar-refractivity contribution < 1.29 is 31.1 Å². The fourth-order valence-corrected chi connectivity index (χ4v) is 3.99. The number of alkyl halides is 3. The molecule has 0 aliphatic carbocycles. The van der Waals surface area contributed by atoms with E-state index in [0.717, 1.165) is 43.7 Å². The molecule has 0 aliphatic heterocycles. The van der Waals surface area contributed by atoms with Crippen LogP contribution in [0.3, 0.4) is 0 Å². The van der Waals surface area contributed by atoms with Crippen molar-refractivity contribution in [3.63, 3.8) is 0 Å². The molecule has 3 aromatic carbocycles. The molecule has 34 heavy (non-hydrogen) atoms. The number of unbranched alkanes of at least 4 members (excludes halogenated alkanes) is 4. The van der Waals surface area contributed by atoms with Crippen LogP contribution in [0.5, 0.6) is 5.75 Å². The fourth-order valence-electron chi connectivity index (χ4n) is 3.99. The van der Waals surface area contributed by atoms with Crippen molar-refractivity contribution in [3.05, 3.63) is 76.6 Å². The molecule has 3 aromatic rings. The summed E-state index contributed by atoms with van der Waals surface area (Å²) in [7, 11) is 0. The molecule has 0 heterocycles. The van der Waals surface area contributed by atoms with E-state index < -0.39 is 36.0 Å². The van der Waals surface area contributed by atoms with Gasteiger partial charge >= 0.3 is 6.18 Å². The third-order valence-corrected chi connectivity index (χ3v) is 5.81. The Morgan fingerprint density at radius 3 is 2.12 bits per heavy atom. The van der Waals surface area contributed by atoms with Gasteiger partial charge in [-0.1, -0.05) is 56.9 Å². The molecule has 0 aromatic heterocycles. The van der Waals surface area contributed by atoms with Gasteiger partial charge in [0.15, 0.2) is 18.2 Å². The number of rotatable bonds is 11. The molecule has 0 aliphatic rings. The first-order chi connectivity index (χ1) is 16.2. The van der Waals surface area contributed by atoms with Gasteiger partial charge < -0.3 is 4.74 Å². The van der Waals surface area contributed by atoms with E-state index >= 15 is 0 Å². The second-order valence-electron chi connectivity index (χ2n) is 8.54. The number of hydrogen-bond donors (Lipinski definition) is 0. The number of ether oxygens (including phenoxy) is 1. The summed E-state index contributed by atoms with van der Waals surface area (Å²) in [4.78, 5) is 0. The summed E-state index contributed by atoms with van der Waals surface area (Å²) in [6.07, 6.45) is 1.90. The highest BCUT2D eigenvalue weighted by Gasteiger charge is 2.29. The first-order valence-electron chi connectivity index (χ1n) is 11.6. The fraction of sp³-hybridized carbons (Fsp3) is 0.407. The monoisotopic (exact) mass is 482 g/mol. The minimum absolute atomic E-state index is 0.0110. The van der Waals surface area contributed by atoms with Crippen LogP contribution in [0, 0.1) is 17.5 Å². The van der Waals surface area contributed by atoms with Crippen LogP contribution in [0.25, 0.3) is 10.8 Å². The van der Waals surface area contributed by atoms with Crippen molar-refractivity contribution in [2.24, 2.45) is 0 Å². The molecule has 1 nitrogen and oxygen atoms in total. The second-order valence-corrected chi connectivity index (χ2v) is 8.54. The minimum Gasteiger partial charge on any atom is -0.481 e. The SMILES string of the molecule is CCCCCCCc1cc(F)c(CCc2ccc3c(F)c(OCC(F)(F)F)ccc3c2)c(F)c1. The summed E-state index contributed by atoms with van der Waals surface area (Å²) < 4.78 is 85.2. The van der Waals surface area contributed by atoms with Gasteiger partial charge in [0.1, 0.15) is 11.6 Å². The zero-order valence-electron chi connectivity index (χ0n) is 19.1. The van der Waals surface area contributed by atoms with E-state index in [9.17, 15) is 26.3 Å². The van der Waals surface area contributed by atoms with E-state index in [2.05, 4.69) is 11.7 Å². The van der Waals surface area contributed by atoms with Gasteiger partial charge in [-0.05, 0) is 60.4 Å². The van der Waals surface area contributed by atoms with E-state index in [1.54, 1.807) is 12.1 Å². The Balaban J connectivity index is 1.65. The van der Waals surface area contributed by atoms with Crippen LogP contribution in [0.1, 0.15) is 55.7 Å². The molecule has 0 fully saturated rings. The number of fused-ring (bicyclic) bond motifs is 1. The normalized spacial score (nSPS) is 11.9.